The molecule has 0 spiro atoms. The van der Waals surface area contributed by atoms with Gasteiger partial charge in [0.25, 0.3) is 0 Å². The molecule has 0 saturated heterocycles. The Morgan fingerprint density at radius 2 is 2.50 bits per heavy atom. The van der Waals surface area contributed by atoms with E-state index in [1.54, 1.807) is 6.92 Å². The number of carbonyl (C=O) groups excluding carboxylic acids is 1. The number of carbonyl (C=O) groups is 1. The number of aryl methyl sites for hydroxylation is 1. The molecule has 0 aliphatic heterocycles. The van der Waals surface area contributed by atoms with E-state index in [9.17, 15) is 4.79 Å². The molecule has 12 heavy (non-hydrogen) atoms. The molecule has 1 aromatic rings. The van der Waals surface area contributed by atoms with E-state index in [4.69, 9.17) is 4.74 Å². The van der Waals surface area contributed by atoms with Crippen LogP contribution in [0, 0.1) is 6.92 Å². The number of rotatable bonds is 3. The van der Waals surface area contributed by atoms with Gasteiger partial charge in [0.1, 0.15) is 5.01 Å². The molecule has 3 nitrogen and oxygen atoms in total. The van der Waals surface area contributed by atoms with Gasteiger partial charge in [-0.3, -0.25) is 4.79 Å². The second-order valence-electron chi connectivity index (χ2n) is 2.36. The minimum Gasteiger partial charge on any atom is -0.466 e. The van der Waals surface area contributed by atoms with Gasteiger partial charge in [0.05, 0.1) is 13.0 Å². The highest BCUT2D eigenvalue weighted by Crippen LogP contribution is 2.09. The van der Waals surface area contributed by atoms with Gasteiger partial charge in [-0.25, -0.2) is 4.98 Å². The van der Waals surface area contributed by atoms with Crippen LogP contribution in [-0.4, -0.2) is 17.6 Å². The van der Waals surface area contributed by atoms with E-state index in [0.717, 1.165) is 10.7 Å². The molecule has 0 atom stereocenters. The van der Waals surface area contributed by atoms with Crippen LogP contribution in [0.3, 0.4) is 0 Å². The summed E-state index contributed by atoms with van der Waals surface area (Å²) < 4.78 is 4.78. The lowest BCUT2D eigenvalue weighted by Crippen LogP contribution is -2.07. The van der Waals surface area contributed by atoms with Crippen LogP contribution in [0.15, 0.2) is 5.38 Å². The molecule has 0 radical (unpaired) electrons. The zero-order valence-electron chi connectivity index (χ0n) is 7.16. The molecule has 0 fully saturated rings. The molecular formula is C8H11NO2S. The van der Waals surface area contributed by atoms with Crippen LogP contribution in [-0.2, 0) is 16.0 Å². The van der Waals surface area contributed by atoms with Crippen molar-refractivity contribution in [3.8, 4) is 0 Å². The van der Waals surface area contributed by atoms with Crippen molar-refractivity contribution in [3.63, 3.8) is 0 Å². The zero-order chi connectivity index (χ0) is 8.97. The molecule has 1 aromatic heterocycles. The highest BCUT2D eigenvalue weighted by Gasteiger charge is 2.06. The maximum atomic E-state index is 11.0. The molecule has 0 unspecified atom stereocenters. The van der Waals surface area contributed by atoms with Crippen LogP contribution < -0.4 is 0 Å². The van der Waals surface area contributed by atoms with Crippen LogP contribution in [0.4, 0.5) is 0 Å². The molecule has 1 rings (SSSR count). The van der Waals surface area contributed by atoms with Gasteiger partial charge in [0.2, 0.25) is 0 Å². The SMILES string of the molecule is CCOC(=O)Cc1nc(C)cs1. The van der Waals surface area contributed by atoms with E-state index in [0.29, 0.717) is 13.0 Å². The van der Waals surface area contributed by atoms with Gasteiger partial charge in [-0.05, 0) is 13.8 Å². The first-order chi connectivity index (χ1) is 5.72. The Balaban J connectivity index is 2.46. The molecule has 4 heteroatoms. The standard InChI is InChI=1S/C8H11NO2S/c1-3-11-8(10)4-7-9-6(2)5-12-7/h5H,3-4H2,1-2H3. The van der Waals surface area contributed by atoms with E-state index >= 15 is 0 Å². The van der Waals surface area contributed by atoms with Crippen LogP contribution in [0.1, 0.15) is 17.6 Å². The summed E-state index contributed by atoms with van der Waals surface area (Å²) in [7, 11) is 0. The van der Waals surface area contributed by atoms with Crippen molar-refractivity contribution in [2.45, 2.75) is 20.3 Å². The van der Waals surface area contributed by atoms with Crippen molar-refractivity contribution in [1.82, 2.24) is 4.98 Å². The van der Waals surface area contributed by atoms with E-state index in [1.807, 2.05) is 12.3 Å². The number of nitrogens with zero attached hydrogens (tertiary/aromatic N) is 1. The predicted molar refractivity (Wildman–Crippen MR) is 47.2 cm³/mol. The zero-order valence-corrected chi connectivity index (χ0v) is 7.98. The molecule has 0 aliphatic carbocycles. The Labute approximate surface area is 75.4 Å². The number of thiazole rings is 1. The van der Waals surface area contributed by atoms with E-state index in [2.05, 4.69) is 4.98 Å². The van der Waals surface area contributed by atoms with Gasteiger partial charge in [-0.2, -0.15) is 0 Å². The highest BCUT2D eigenvalue weighted by molar-refractivity contribution is 7.09. The van der Waals surface area contributed by atoms with Crippen LogP contribution >= 0.6 is 11.3 Å². The topological polar surface area (TPSA) is 39.2 Å². The second kappa shape index (κ2) is 4.21. The molecule has 0 bridgehead atoms. The minimum absolute atomic E-state index is 0.202. The minimum atomic E-state index is -0.202. The summed E-state index contributed by atoms with van der Waals surface area (Å²) in [5, 5.41) is 2.75. The number of hydrogen-bond donors (Lipinski definition) is 0. The Hall–Kier alpha value is -0.900. The third-order valence-corrected chi connectivity index (χ3v) is 2.23. The number of esters is 1. The van der Waals surface area contributed by atoms with Crippen molar-refractivity contribution in [3.05, 3.63) is 16.1 Å². The van der Waals surface area contributed by atoms with Crippen LogP contribution in [0.5, 0.6) is 0 Å². The smallest absolute Gasteiger partial charge is 0.312 e. The van der Waals surface area contributed by atoms with E-state index in [-0.39, 0.29) is 5.97 Å². The fraction of sp³-hybridized carbons (Fsp3) is 0.500. The summed E-state index contributed by atoms with van der Waals surface area (Å²) in [5.74, 6) is -0.202. The largest absolute Gasteiger partial charge is 0.466 e. The maximum absolute atomic E-state index is 11.0. The van der Waals surface area contributed by atoms with Crippen molar-refractivity contribution in [1.29, 1.82) is 0 Å². The summed E-state index contributed by atoms with van der Waals surface area (Å²) in [5.41, 5.74) is 0.958. The summed E-state index contributed by atoms with van der Waals surface area (Å²) in [6.07, 6.45) is 0.298. The molecule has 0 saturated carbocycles. The Morgan fingerprint density at radius 3 is 3.00 bits per heavy atom. The lowest BCUT2D eigenvalue weighted by Gasteiger charge is -1.97. The third-order valence-electron chi connectivity index (χ3n) is 1.27. The molecular weight excluding hydrogens is 174 g/mol. The van der Waals surface area contributed by atoms with Crippen molar-refractivity contribution < 1.29 is 9.53 Å². The fourth-order valence-corrected chi connectivity index (χ4v) is 1.58. The predicted octanol–water partition coefficient (Wildman–Crippen LogP) is 1.56. The van der Waals surface area contributed by atoms with Gasteiger partial charge in [-0.1, -0.05) is 0 Å². The lowest BCUT2D eigenvalue weighted by atomic mass is 10.4. The maximum Gasteiger partial charge on any atom is 0.312 e. The van der Waals surface area contributed by atoms with Crippen molar-refractivity contribution in [2.75, 3.05) is 6.61 Å². The monoisotopic (exact) mass is 185 g/mol. The van der Waals surface area contributed by atoms with Gasteiger partial charge in [0, 0.05) is 11.1 Å². The first kappa shape index (κ1) is 9.19. The first-order valence-electron chi connectivity index (χ1n) is 3.79. The molecule has 0 N–H and O–H groups in total. The summed E-state index contributed by atoms with van der Waals surface area (Å²) in [6.45, 7) is 4.14. The Morgan fingerprint density at radius 1 is 1.75 bits per heavy atom. The summed E-state index contributed by atoms with van der Waals surface area (Å²) in [6, 6.07) is 0. The summed E-state index contributed by atoms with van der Waals surface area (Å²) in [4.78, 5) is 15.1. The van der Waals surface area contributed by atoms with E-state index in [1.165, 1.54) is 11.3 Å². The van der Waals surface area contributed by atoms with Crippen LogP contribution in [0.25, 0.3) is 0 Å². The lowest BCUT2D eigenvalue weighted by molar-refractivity contribution is -0.142. The van der Waals surface area contributed by atoms with Gasteiger partial charge < -0.3 is 4.74 Å². The average Bonchev–Trinajstić information content (AvgIpc) is 2.36. The molecule has 0 aliphatic rings. The average molecular weight is 185 g/mol. The Bertz CT molecular complexity index is 270. The first-order valence-corrected chi connectivity index (χ1v) is 4.67. The van der Waals surface area contributed by atoms with Gasteiger partial charge >= 0.3 is 5.97 Å². The normalized spacial score (nSPS) is 9.83. The number of aromatic nitrogens is 1. The fourth-order valence-electron chi connectivity index (χ4n) is 0.819. The van der Waals surface area contributed by atoms with Crippen molar-refractivity contribution >= 4 is 17.3 Å². The summed E-state index contributed by atoms with van der Waals surface area (Å²) >= 11 is 1.49. The Kier molecular flexibility index (Phi) is 3.22. The molecule has 0 amide bonds. The molecule has 0 aromatic carbocycles. The van der Waals surface area contributed by atoms with Gasteiger partial charge in [-0.15, -0.1) is 11.3 Å². The molecule has 66 valence electrons. The van der Waals surface area contributed by atoms with Gasteiger partial charge in [0.15, 0.2) is 0 Å². The van der Waals surface area contributed by atoms with E-state index < -0.39 is 0 Å². The quantitative estimate of drug-likeness (QED) is 0.671. The second-order valence-corrected chi connectivity index (χ2v) is 3.31. The molecule has 1 heterocycles. The number of ether oxygens (including phenoxy) is 1. The number of hydrogen-bond acceptors (Lipinski definition) is 4. The van der Waals surface area contributed by atoms with Crippen LogP contribution in [0.2, 0.25) is 0 Å². The highest BCUT2D eigenvalue weighted by atomic mass is 32.1. The third kappa shape index (κ3) is 2.62. The van der Waals surface area contributed by atoms with Crippen molar-refractivity contribution in [2.24, 2.45) is 0 Å².